The van der Waals surface area contributed by atoms with E-state index < -0.39 is 0 Å². The highest BCUT2D eigenvalue weighted by Crippen LogP contribution is 2.50. The van der Waals surface area contributed by atoms with E-state index in [2.05, 4.69) is 27.4 Å². The highest BCUT2D eigenvalue weighted by atomic mass is 16.3. The molecule has 92 valence electrons. The van der Waals surface area contributed by atoms with Gasteiger partial charge >= 0.3 is 0 Å². The maximum Gasteiger partial charge on any atom is 0.119 e. The van der Waals surface area contributed by atoms with Crippen molar-refractivity contribution in [1.29, 1.82) is 0 Å². The summed E-state index contributed by atoms with van der Waals surface area (Å²) in [6.45, 7) is 11.1. The molecule has 1 unspecified atom stereocenters. The van der Waals surface area contributed by atoms with Gasteiger partial charge in [-0.05, 0) is 30.7 Å². The average molecular weight is 230 g/mol. The molecule has 0 aromatic heterocycles. The Bertz CT molecular complexity index is 445. The van der Waals surface area contributed by atoms with Gasteiger partial charge in [-0.1, -0.05) is 51.1 Å². The van der Waals surface area contributed by atoms with Crippen LogP contribution in [0.25, 0.3) is 0 Å². The second-order valence-corrected chi connectivity index (χ2v) is 6.29. The van der Waals surface area contributed by atoms with Crippen molar-refractivity contribution >= 4 is 0 Å². The summed E-state index contributed by atoms with van der Waals surface area (Å²) in [5.74, 6) is 0.399. The normalized spacial score (nSPS) is 28.1. The van der Waals surface area contributed by atoms with Crippen LogP contribution in [0.3, 0.4) is 0 Å². The predicted octanol–water partition coefficient (Wildman–Crippen LogP) is 4.42. The summed E-state index contributed by atoms with van der Waals surface area (Å²) in [6.07, 6.45) is 3.28. The molecule has 0 radical (unpaired) electrons. The molecule has 1 aliphatic carbocycles. The molecule has 0 spiro atoms. The Morgan fingerprint density at radius 1 is 1.12 bits per heavy atom. The minimum Gasteiger partial charge on any atom is -0.508 e. The van der Waals surface area contributed by atoms with Crippen molar-refractivity contribution in [2.75, 3.05) is 0 Å². The number of benzene rings is 1. The van der Waals surface area contributed by atoms with Crippen LogP contribution < -0.4 is 0 Å². The van der Waals surface area contributed by atoms with Crippen molar-refractivity contribution in [2.45, 2.75) is 45.4 Å². The molecule has 1 N–H and O–H groups in total. The Morgan fingerprint density at radius 3 is 2.35 bits per heavy atom. The van der Waals surface area contributed by atoms with Crippen LogP contribution in [0, 0.1) is 5.41 Å². The van der Waals surface area contributed by atoms with E-state index in [9.17, 15) is 5.11 Å². The van der Waals surface area contributed by atoms with Gasteiger partial charge in [0.25, 0.3) is 0 Å². The Kier molecular flexibility index (Phi) is 2.81. The number of hydrogen-bond acceptors (Lipinski definition) is 1. The minimum absolute atomic E-state index is 0.0686. The van der Waals surface area contributed by atoms with Crippen LogP contribution in [0.15, 0.2) is 36.4 Å². The van der Waals surface area contributed by atoms with E-state index in [-0.39, 0.29) is 5.41 Å². The van der Waals surface area contributed by atoms with Crippen molar-refractivity contribution in [1.82, 2.24) is 0 Å². The quantitative estimate of drug-likeness (QED) is 0.708. The first-order valence-corrected chi connectivity index (χ1v) is 6.32. The average Bonchev–Trinajstić information content (AvgIpc) is 2.24. The standard InChI is InChI=1S/C16H22O/c1-12-11-15(2,3)9-10-16(12,4)13-7-5-6-8-14(13)17/h5-8,17H,1,9-11H2,2-4H3. The first-order chi connectivity index (χ1) is 7.85. The molecule has 0 amide bonds. The minimum atomic E-state index is -0.0686. The van der Waals surface area contributed by atoms with Gasteiger partial charge in [-0.2, -0.15) is 0 Å². The number of hydrogen-bond donors (Lipinski definition) is 1. The van der Waals surface area contributed by atoms with E-state index in [1.165, 1.54) is 12.0 Å². The molecule has 1 atom stereocenters. The first kappa shape index (κ1) is 12.2. The van der Waals surface area contributed by atoms with Crippen LogP contribution in [0.5, 0.6) is 5.75 Å². The smallest absolute Gasteiger partial charge is 0.119 e. The van der Waals surface area contributed by atoms with Gasteiger partial charge in [0.2, 0.25) is 0 Å². The van der Waals surface area contributed by atoms with E-state index in [0.29, 0.717) is 11.2 Å². The molecule has 0 heterocycles. The van der Waals surface area contributed by atoms with Gasteiger partial charge in [-0.3, -0.25) is 0 Å². The second-order valence-electron chi connectivity index (χ2n) is 6.29. The molecule has 2 rings (SSSR count). The third-order valence-corrected chi connectivity index (χ3v) is 4.27. The van der Waals surface area contributed by atoms with Crippen molar-refractivity contribution < 1.29 is 5.11 Å². The Labute approximate surface area is 104 Å². The lowest BCUT2D eigenvalue weighted by molar-refractivity contribution is 0.231. The van der Waals surface area contributed by atoms with Gasteiger partial charge < -0.3 is 5.11 Å². The molecule has 1 aromatic carbocycles. The predicted molar refractivity (Wildman–Crippen MR) is 72.2 cm³/mol. The Morgan fingerprint density at radius 2 is 1.76 bits per heavy atom. The monoisotopic (exact) mass is 230 g/mol. The number of para-hydroxylation sites is 1. The molecule has 1 aromatic rings. The van der Waals surface area contributed by atoms with Crippen molar-refractivity contribution in [3.8, 4) is 5.75 Å². The van der Waals surface area contributed by atoms with Crippen LogP contribution in [-0.4, -0.2) is 5.11 Å². The van der Waals surface area contributed by atoms with Crippen LogP contribution in [-0.2, 0) is 5.41 Å². The van der Waals surface area contributed by atoms with Crippen LogP contribution in [0.1, 0.15) is 45.6 Å². The maximum atomic E-state index is 10.0. The van der Waals surface area contributed by atoms with Crippen molar-refractivity contribution in [3.63, 3.8) is 0 Å². The summed E-state index contributed by atoms with van der Waals surface area (Å²) in [7, 11) is 0. The Hall–Kier alpha value is -1.24. The molecule has 1 fully saturated rings. The summed E-state index contributed by atoms with van der Waals surface area (Å²) in [4.78, 5) is 0. The third-order valence-electron chi connectivity index (χ3n) is 4.27. The summed E-state index contributed by atoms with van der Waals surface area (Å²) >= 11 is 0. The van der Waals surface area contributed by atoms with Gasteiger partial charge in [-0.25, -0.2) is 0 Å². The number of rotatable bonds is 1. The highest BCUT2D eigenvalue weighted by Gasteiger charge is 2.40. The largest absolute Gasteiger partial charge is 0.508 e. The fourth-order valence-electron chi connectivity index (χ4n) is 2.89. The first-order valence-electron chi connectivity index (χ1n) is 6.32. The van der Waals surface area contributed by atoms with E-state index >= 15 is 0 Å². The summed E-state index contributed by atoms with van der Waals surface area (Å²) in [5, 5.41) is 10.0. The molecular weight excluding hydrogens is 208 g/mol. The lowest BCUT2D eigenvalue weighted by atomic mass is 9.61. The third kappa shape index (κ3) is 2.11. The van der Waals surface area contributed by atoms with E-state index in [1.807, 2.05) is 18.2 Å². The lowest BCUT2D eigenvalue weighted by Gasteiger charge is -2.44. The molecule has 0 saturated heterocycles. The summed E-state index contributed by atoms with van der Waals surface area (Å²) in [5.41, 5.74) is 2.55. The second kappa shape index (κ2) is 3.90. The van der Waals surface area contributed by atoms with E-state index in [1.54, 1.807) is 6.07 Å². The summed E-state index contributed by atoms with van der Waals surface area (Å²) < 4.78 is 0. The number of phenolic OH excluding ortho intramolecular Hbond substituents is 1. The van der Waals surface area contributed by atoms with E-state index in [0.717, 1.165) is 18.4 Å². The van der Waals surface area contributed by atoms with Gasteiger partial charge in [-0.15, -0.1) is 0 Å². The Balaban J connectivity index is 2.39. The summed E-state index contributed by atoms with van der Waals surface area (Å²) in [6, 6.07) is 7.66. The molecule has 1 nitrogen and oxygen atoms in total. The van der Waals surface area contributed by atoms with Crippen LogP contribution >= 0.6 is 0 Å². The van der Waals surface area contributed by atoms with Crippen LogP contribution in [0.4, 0.5) is 0 Å². The zero-order valence-corrected chi connectivity index (χ0v) is 11.1. The van der Waals surface area contributed by atoms with Crippen LogP contribution in [0.2, 0.25) is 0 Å². The molecular formula is C16H22O. The fourth-order valence-corrected chi connectivity index (χ4v) is 2.89. The highest BCUT2D eigenvalue weighted by molar-refractivity contribution is 5.44. The van der Waals surface area contributed by atoms with Crippen molar-refractivity contribution in [2.24, 2.45) is 5.41 Å². The molecule has 1 heteroatoms. The zero-order chi connectivity index (χ0) is 12.7. The zero-order valence-electron chi connectivity index (χ0n) is 11.1. The van der Waals surface area contributed by atoms with Gasteiger partial charge in [0.1, 0.15) is 5.75 Å². The molecule has 17 heavy (non-hydrogen) atoms. The maximum absolute atomic E-state index is 10.0. The lowest BCUT2D eigenvalue weighted by Crippen LogP contribution is -2.34. The van der Waals surface area contributed by atoms with Crippen molar-refractivity contribution in [3.05, 3.63) is 42.0 Å². The molecule has 1 aliphatic rings. The number of phenols is 1. The molecule has 0 bridgehead atoms. The van der Waals surface area contributed by atoms with Gasteiger partial charge in [0.15, 0.2) is 0 Å². The number of allylic oxidation sites excluding steroid dienone is 1. The SMILES string of the molecule is C=C1CC(C)(C)CCC1(C)c1ccccc1O. The topological polar surface area (TPSA) is 20.2 Å². The van der Waals surface area contributed by atoms with E-state index in [4.69, 9.17) is 0 Å². The number of aromatic hydroxyl groups is 1. The molecule has 0 aliphatic heterocycles. The fraction of sp³-hybridized carbons (Fsp3) is 0.500. The molecule has 1 saturated carbocycles. The van der Waals surface area contributed by atoms with Gasteiger partial charge in [0.05, 0.1) is 0 Å². The van der Waals surface area contributed by atoms with Gasteiger partial charge in [0, 0.05) is 11.0 Å².